The van der Waals surface area contributed by atoms with Gasteiger partial charge in [-0.25, -0.2) is 0 Å². The molecule has 2 aliphatic rings. The summed E-state index contributed by atoms with van der Waals surface area (Å²) in [5, 5.41) is 3.62. The largest absolute Gasteiger partial charge is 0.312 e. The fourth-order valence-electron chi connectivity index (χ4n) is 2.26. The third-order valence-corrected chi connectivity index (χ3v) is 2.99. The van der Waals surface area contributed by atoms with E-state index >= 15 is 0 Å². The number of nitrogens with one attached hydrogen (secondary N) is 1. The summed E-state index contributed by atoms with van der Waals surface area (Å²) in [6.07, 6.45) is 8.54. The van der Waals surface area contributed by atoms with Crippen molar-refractivity contribution in [1.29, 1.82) is 0 Å². The Hall–Kier alpha value is -0.340. The highest BCUT2D eigenvalue weighted by atomic mass is 15.2. The molecule has 0 aromatic heterocycles. The summed E-state index contributed by atoms with van der Waals surface area (Å²) in [6, 6.07) is 1.36. The molecule has 1 saturated heterocycles. The zero-order valence-electron chi connectivity index (χ0n) is 7.79. The average Bonchev–Trinajstić information content (AvgIpc) is 2.29. The molecule has 1 N–H and O–H groups in total. The van der Waals surface area contributed by atoms with Crippen molar-refractivity contribution < 1.29 is 0 Å². The molecule has 2 heteroatoms. The van der Waals surface area contributed by atoms with E-state index in [2.05, 4.69) is 29.4 Å². The van der Waals surface area contributed by atoms with E-state index in [0.717, 1.165) is 0 Å². The molecule has 0 amide bonds. The van der Waals surface area contributed by atoms with Gasteiger partial charge in [-0.15, -0.1) is 0 Å². The van der Waals surface area contributed by atoms with Gasteiger partial charge in [-0.3, -0.25) is 4.90 Å². The van der Waals surface area contributed by atoms with E-state index < -0.39 is 0 Å². The van der Waals surface area contributed by atoms with Crippen LogP contribution in [0.3, 0.4) is 0 Å². The summed E-state index contributed by atoms with van der Waals surface area (Å²) in [5.41, 5.74) is 0. The van der Waals surface area contributed by atoms with Crippen molar-refractivity contribution in [3.8, 4) is 0 Å². The second kappa shape index (κ2) is 3.58. The molecule has 1 aliphatic carbocycles. The zero-order valence-corrected chi connectivity index (χ0v) is 7.79. The van der Waals surface area contributed by atoms with E-state index in [0.29, 0.717) is 12.1 Å². The van der Waals surface area contributed by atoms with E-state index in [1.807, 2.05) is 0 Å². The summed E-state index contributed by atoms with van der Waals surface area (Å²) in [4.78, 5) is 2.47. The lowest BCUT2D eigenvalue weighted by Crippen LogP contribution is -2.46. The predicted molar refractivity (Wildman–Crippen MR) is 51.2 cm³/mol. The van der Waals surface area contributed by atoms with Crippen molar-refractivity contribution in [2.24, 2.45) is 0 Å². The Kier molecular flexibility index (Phi) is 2.47. The standard InChI is InChI=1S/C10H18N2/c1-12-8-4-7-11-9-5-2-3-6-10(9)12/h3,6,9-11H,2,4-5,7-8H2,1H3. The first-order valence-electron chi connectivity index (χ1n) is 4.98. The van der Waals surface area contributed by atoms with Crippen LogP contribution in [0, 0.1) is 0 Å². The van der Waals surface area contributed by atoms with Crippen LogP contribution in [0.25, 0.3) is 0 Å². The van der Waals surface area contributed by atoms with Crippen molar-refractivity contribution in [3.63, 3.8) is 0 Å². The van der Waals surface area contributed by atoms with Gasteiger partial charge in [0.25, 0.3) is 0 Å². The highest BCUT2D eigenvalue weighted by Gasteiger charge is 2.26. The number of likely N-dealkylation sites (N-methyl/N-ethyl adjacent to an activating group) is 1. The second-order valence-corrected chi connectivity index (χ2v) is 3.89. The molecular weight excluding hydrogens is 148 g/mol. The van der Waals surface area contributed by atoms with Crippen LogP contribution in [-0.4, -0.2) is 37.1 Å². The Labute approximate surface area is 74.6 Å². The van der Waals surface area contributed by atoms with Gasteiger partial charge in [0.1, 0.15) is 0 Å². The van der Waals surface area contributed by atoms with Crippen molar-refractivity contribution >= 4 is 0 Å². The van der Waals surface area contributed by atoms with Gasteiger partial charge >= 0.3 is 0 Å². The molecular formula is C10H18N2. The maximum atomic E-state index is 3.62. The molecule has 0 saturated carbocycles. The molecule has 2 atom stereocenters. The minimum Gasteiger partial charge on any atom is -0.312 e. The van der Waals surface area contributed by atoms with Gasteiger partial charge in [0, 0.05) is 12.1 Å². The molecule has 1 heterocycles. The first-order chi connectivity index (χ1) is 5.88. The molecule has 0 bridgehead atoms. The number of allylic oxidation sites excluding steroid dienone is 1. The van der Waals surface area contributed by atoms with Gasteiger partial charge in [-0.2, -0.15) is 0 Å². The summed E-state index contributed by atoms with van der Waals surface area (Å²) < 4.78 is 0. The van der Waals surface area contributed by atoms with E-state index in [-0.39, 0.29) is 0 Å². The van der Waals surface area contributed by atoms with Crippen LogP contribution < -0.4 is 5.32 Å². The molecule has 1 aliphatic heterocycles. The normalized spacial score (nSPS) is 37.4. The highest BCUT2D eigenvalue weighted by Crippen LogP contribution is 2.18. The molecule has 2 nitrogen and oxygen atoms in total. The second-order valence-electron chi connectivity index (χ2n) is 3.89. The minimum absolute atomic E-state index is 0.654. The fourth-order valence-corrected chi connectivity index (χ4v) is 2.26. The number of rotatable bonds is 0. The van der Waals surface area contributed by atoms with E-state index in [9.17, 15) is 0 Å². The zero-order chi connectivity index (χ0) is 8.39. The predicted octanol–water partition coefficient (Wildman–Crippen LogP) is 0.999. The summed E-state index contributed by atoms with van der Waals surface area (Å²) in [7, 11) is 2.24. The smallest absolute Gasteiger partial charge is 0.0428 e. The average molecular weight is 166 g/mol. The SMILES string of the molecule is CN1CCCNC2CCC=CC21. The number of fused-ring (bicyclic) bond motifs is 1. The lowest BCUT2D eigenvalue weighted by atomic mass is 9.96. The Morgan fingerprint density at radius 1 is 1.50 bits per heavy atom. The number of nitrogens with zero attached hydrogens (tertiary/aromatic N) is 1. The highest BCUT2D eigenvalue weighted by molar-refractivity contribution is 5.06. The topological polar surface area (TPSA) is 15.3 Å². The molecule has 1 fully saturated rings. The third-order valence-electron chi connectivity index (χ3n) is 2.99. The molecule has 68 valence electrons. The van der Waals surface area contributed by atoms with Crippen LogP contribution in [0.2, 0.25) is 0 Å². The number of hydrogen-bond donors (Lipinski definition) is 1. The van der Waals surface area contributed by atoms with E-state index in [4.69, 9.17) is 0 Å². The van der Waals surface area contributed by atoms with Gasteiger partial charge in [-0.05, 0) is 39.4 Å². The Bertz CT molecular complexity index is 177. The molecule has 2 rings (SSSR count). The summed E-state index contributed by atoms with van der Waals surface area (Å²) in [6.45, 7) is 2.43. The lowest BCUT2D eigenvalue weighted by molar-refractivity contribution is 0.247. The van der Waals surface area contributed by atoms with Crippen LogP contribution in [0.1, 0.15) is 19.3 Å². The van der Waals surface area contributed by atoms with Gasteiger partial charge < -0.3 is 5.32 Å². The Balaban J connectivity index is 2.10. The van der Waals surface area contributed by atoms with Gasteiger partial charge in [0.05, 0.1) is 0 Å². The van der Waals surface area contributed by atoms with Crippen LogP contribution in [0.15, 0.2) is 12.2 Å². The van der Waals surface area contributed by atoms with Crippen molar-refractivity contribution in [2.75, 3.05) is 20.1 Å². The first-order valence-corrected chi connectivity index (χ1v) is 4.98. The van der Waals surface area contributed by atoms with Gasteiger partial charge in [0.15, 0.2) is 0 Å². The molecule has 0 aromatic carbocycles. The Morgan fingerprint density at radius 2 is 2.42 bits per heavy atom. The fraction of sp³-hybridized carbons (Fsp3) is 0.800. The van der Waals surface area contributed by atoms with Crippen LogP contribution >= 0.6 is 0 Å². The van der Waals surface area contributed by atoms with E-state index in [1.54, 1.807) is 0 Å². The molecule has 0 radical (unpaired) electrons. The summed E-state index contributed by atoms with van der Waals surface area (Å²) >= 11 is 0. The molecule has 12 heavy (non-hydrogen) atoms. The van der Waals surface area contributed by atoms with Crippen LogP contribution in [-0.2, 0) is 0 Å². The lowest BCUT2D eigenvalue weighted by Gasteiger charge is -2.32. The number of hydrogen-bond acceptors (Lipinski definition) is 2. The maximum absolute atomic E-state index is 3.62. The van der Waals surface area contributed by atoms with Gasteiger partial charge in [0.2, 0.25) is 0 Å². The van der Waals surface area contributed by atoms with Crippen molar-refractivity contribution in [3.05, 3.63) is 12.2 Å². The maximum Gasteiger partial charge on any atom is 0.0428 e. The molecule has 2 unspecified atom stereocenters. The Morgan fingerprint density at radius 3 is 3.33 bits per heavy atom. The summed E-state index contributed by atoms with van der Waals surface area (Å²) in [5.74, 6) is 0. The van der Waals surface area contributed by atoms with Crippen LogP contribution in [0.4, 0.5) is 0 Å². The quantitative estimate of drug-likeness (QED) is 0.540. The van der Waals surface area contributed by atoms with Crippen LogP contribution in [0.5, 0.6) is 0 Å². The molecule has 0 spiro atoms. The van der Waals surface area contributed by atoms with E-state index in [1.165, 1.54) is 32.4 Å². The van der Waals surface area contributed by atoms with Gasteiger partial charge in [-0.1, -0.05) is 12.2 Å². The monoisotopic (exact) mass is 166 g/mol. The van der Waals surface area contributed by atoms with Crippen molar-refractivity contribution in [2.45, 2.75) is 31.3 Å². The third kappa shape index (κ3) is 1.54. The molecule has 0 aromatic rings. The first kappa shape index (κ1) is 8.27. The minimum atomic E-state index is 0.654. The van der Waals surface area contributed by atoms with Crippen molar-refractivity contribution in [1.82, 2.24) is 10.2 Å².